The zero-order valence-corrected chi connectivity index (χ0v) is 21.1. The first-order valence-corrected chi connectivity index (χ1v) is 13.9. The Morgan fingerprint density at radius 1 is 1.21 bits per heavy atom. The number of piperazine rings is 1. The van der Waals surface area contributed by atoms with Crippen LogP contribution in [0.5, 0.6) is 0 Å². The number of nitrogens with zero attached hydrogens (tertiary/aromatic N) is 3. The summed E-state index contributed by atoms with van der Waals surface area (Å²) < 4.78 is 0. The predicted octanol–water partition coefficient (Wildman–Crippen LogP) is 2.81. The number of likely N-dealkylation sites (N-methyl/N-ethyl adjacent to an activating group) is 1. The number of amides is 1. The first-order valence-electron chi connectivity index (χ1n) is 11.9. The van der Waals surface area contributed by atoms with Gasteiger partial charge in [0.15, 0.2) is 0 Å². The lowest BCUT2D eigenvalue weighted by atomic mass is 10.1. The van der Waals surface area contributed by atoms with Crippen LogP contribution in [0.3, 0.4) is 0 Å². The molecule has 2 aromatic heterocycles. The Labute approximate surface area is 207 Å². The molecule has 1 saturated heterocycles. The highest BCUT2D eigenvalue weighted by atomic mass is 32.2. The lowest BCUT2D eigenvalue weighted by Crippen LogP contribution is -2.48. The van der Waals surface area contributed by atoms with Crippen LogP contribution >= 0.6 is 23.1 Å². The first-order chi connectivity index (χ1) is 16.6. The molecule has 1 fully saturated rings. The highest BCUT2D eigenvalue weighted by Gasteiger charge is 2.22. The summed E-state index contributed by atoms with van der Waals surface area (Å²) in [6.07, 6.45) is 3.16. The second kappa shape index (κ2) is 10.6. The number of aromatic amines is 1. The van der Waals surface area contributed by atoms with Gasteiger partial charge in [-0.05, 0) is 37.4 Å². The normalized spacial score (nSPS) is 17.7. The van der Waals surface area contributed by atoms with E-state index in [9.17, 15) is 9.59 Å². The summed E-state index contributed by atoms with van der Waals surface area (Å²) >= 11 is 3.14. The average molecular weight is 498 g/mol. The van der Waals surface area contributed by atoms with E-state index in [-0.39, 0.29) is 17.5 Å². The van der Waals surface area contributed by atoms with E-state index in [4.69, 9.17) is 0 Å². The largest absolute Gasteiger partial charge is 0.347 e. The van der Waals surface area contributed by atoms with Gasteiger partial charge in [-0.2, -0.15) is 0 Å². The molecule has 1 aliphatic carbocycles. The fraction of sp³-hybridized carbons (Fsp3) is 0.480. The van der Waals surface area contributed by atoms with Crippen molar-refractivity contribution in [3.8, 4) is 0 Å². The Balaban J connectivity index is 1.19. The van der Waals surface area contributed by atoms with Gasteiger partial charge >= 0.3 is 0 Å². The van der Waals surface area contributed by atoms with Crippen LogP contribution in [-0.4, -0.2) is 71.2 Å². The third-order valence-corrected chi connectivity index (χ3v) is 8.80. The summed E-state index contributed by atoms with van der Waals surface area (Å²) in [7, 11) is 2.15. The van der Waals surface area contributed by atoms with Gasteiger partial charge in [-0.1, -0.05) is 30.3 Å². The van der Waals surface area contributed by atoms with E-state index < -0.39 is 0 Å². The summed E-state index contributed by atoms with van der Waals surface area (Å²) in [6, 6.07) is 10.2. The summed E-state index contributed by atoms with van der Waals surface area (Å²) in [6.45, 7) is 4.93. The van der Waals surface area contributed by atoms with Gasteiger partial charge in [-0.25, -0.2) is 4.98 Å². The van der Waals surface area contributed by atoms with Crippen LogP contribution in [-0.2, 0) is 23.4 Å². The van der Waals surface area contributed by atoms with Gasteiger partial charge in [0.25, 0.3) is 5.56 Å². The quantitative estimate of drug-likeness (QED) is 0.498. The predicted molar refractivity (Wildman–Crippen MR) is 140 cm³/mol. The molecule has 1 atom stereocenters. The fourth-order valence-corrected chi connectivity index (χ4v) is 6.78. The van der Waals surface area contributed by atoms with Crippen molar-refractivity contribution in [3.05, 3.63) is 62.5 Å². The van der Waals surface area contributed by atoms with Crippen molar-refractivity contribution < 1.29 is 4.79 Å². The van der Waals surface area contributed by atoms with Crippen molar-refractivity contribution >= 4 is 39.2 Å². The molecule has 1 aromatic carbocycles. The molecule has 34 heavy (non-hydrogen) atoms. The van der Waals surface area contributed by atoms with Crippen molar-refractivity contribution in [2.24, 2.45) is 0 Å². The number of nitrogens with one attached hydrogen (secondary N) is 2. The molecular weight excluding hydrogens is 466 g/mol. The van der Waals surface area contributed by atoms with E-state index in [0.717, 1.165) is 67.8 Å². The molecule has 0 radical (unpaired) electrons. The monoisotopic (exact) mass is 497 g/mol. The Hall–Kier alpha value is -2.20. The SMILES string of the molecule is CN1CCN(CC(NC(=O)CSCc2nc3sc4c(c3c(=O)[nH]2)CCC4)c2ccccc2)CC1. The van der Waals surface area contributed by atoms with Crippen LogP contribution in [0.1, 0.15) is 34.3 Å². The second-order valence-electron chi connectivity index (χ2n) is 9.18. The fourth-order valence-electron chi connectivity index (χ4n) is 4.80. The Morgan fingerprint density at radius 3 is 2.79 bits per heavy atom. The average Bonchev–Trinajstić information content (AvgIpc) is 3.42. The Bertz CT molecular complexity index is 1200. The molecule has 9 heteroatoms. The van der Waals surface area contributed by atoms with E-state index in [2.05, 4.69) is 44.3 Å². The van der Waals surface area contributed by atoms with Crippen LogP contribution in [0.25, 0.3) is 10.2 Å². The van der Waals surface area contributed by atoms with Crippen molar-refractivity contribution in [3.63, 3.8) is 0 Å². The molecule has 3 aromatic rings. The van der Waals surface area contributed by atoms with Gasteiger partial charge in [0, 0.05) is 37.6 Å². The molecule has 2 aliphatic rings. The number of thioether (sulfide) groups is 1. The van der Waals surface area contributed by atoms with Crippen LogP contribution in [0, 0.1) is 0 Å². The second-order valence-corrected chi connectivity index (χ2v) is 11.2. The number of aryl methyl sites for hydroxylation is 2. The van der Waals surface area contributed by atoms with Crippen molar-refractivity contribution in [1.29, 1.82) is 0 Å². The smallest absolute Gasteiger partial charge is 0.259 e. The third kappa shape index (κ3) is 5.38. The molecule has 3 heterocycles. The van der Waals surface area contributed by atoms with Gasteiger partial charge in [0.2, 0.25) is 5.91 Å². The number of aromatic nitrogens is 2. The van der Waals surface area contributed by atoms with Crippen LogP contribution < -0.4 is 10.9 Å². The van der Waals surface area contributed by atoms with Crippen LogP contribution in [0.4, 0.5) is 0 Å². The van der Waals surface area contributed by atoms with E-state index in [1.807, 2.05) is 18.2 Å². The minimum Gasteiger partial charge on any atom is -0.347 e. The highest BCUT2D eigenvalue weighted by Crippen LogP contribution is 2.34. The number of carbonyl (C=O) groups is 1. The van der Waals surface area contributed by atoms with Crippen molar-refractivity contribution in [1.82, 2.24) is 25.1 Å². The molecule has 180 valence electrons. The van der Waals surface area contributed by atoms with Crippen molar-refractivity contribution in [2.45, 2.75) is 31.1 Å². The van der Waals surface area contributed by atoms with Crippen molar-refractivity contribution in [2.75, 3.05) is 45.5 Å². The molecule has 1 aliphatic heterocycles. The minimum absolute atomic E-state index is 0.00602. The first kappa shape index (κ1) is 23.5. The molecule has 2 N–H and O–H groups in total. The number of benzene rings is 1. The van der Waals surface area contributed by atoms with Gasteiger partial charge in [-0.15, -0.1) is 23.1 Å². The number of H-pyrrole nitrogens is 1. The van der Waals surface area contributed by atoms with Gasteiger partial charge in [-0.3, -0.25) is 14.5 Å². The lowest BCUT2D eigenvalue weighted by molar-refractivity contribution is -0.119. The summed E-state index contributed by atoms with van der Waals surface area (Å²) in [5, 5.41) is 4.02. The van der Waals surface area contributed by atoms with Gasteiger partial charge in [0.05, 0.1) is 22.9 Å². The summed E-state index contributed by atoms with van der Waals surface area (Å²) in [4.78, 5) is 40.0. The van der Waals surface area contributed by atoms with E-state index >= 15 is 0 Å². The highest BCUT2D eigenvalue weighted by molar-refractivity contribution is 7.99. The zero-order chi connectivity index (χ0) is 23.5. The maximum absolute atomic E-state index is 12.8. The maximum atomic E-state index is 12.8. The maximum Gasteiger partial charge on any atom is 0.259 e. The van der Waals surface area contributed by atoms with Gasteiger partial charge < -0.3 is 15.2 Å². The molecule has 0 spiro atoms. The molecule has 0 bridgehead atoms. The van der Waals surface area contributed by atoms with Gasteiger partial charge in [0.1, 0.15) is 10.7 Å². The molecule has 0 saturated carbocycles. The minimum atomic E-state index is -0.0412. The van der Waals surface area contributed by atoms with E-state index in [1.54, 1.807) is 11.3 Å². The topological polar surface area (TPSA) is 81.3 Å². The molecule has 7 nitrogen and oxygen atoms in total. The van der Waals surface area contributed by atoms with Crippen LogP contribution in [0.15, 0.2) is 35.1 Å². The number of hydrogen-bond acceptors (Lipinski definition) is 7. The number of rotatable bonds is 8. The number of thiophene rings is 1. The van der Waals surface area contributed by atoms with Crippen LogP contribution in [0.2, 0.25) is 0 Å². The molecule has 1 unspecified atom stereocenters. The lowest BCUT2D eigenvalue weighted by Gasteiger charge is -2.35. The number of fused-ring (bicyclic) bond motifs is 3. The number of hydrogen-bond donors (Lipinski definition) is 2. The molecular formula is C25H31N5O2S2. The Morgan fingerprint density at radius 2 is 2.00 bits per heavy atom. The number of carbonyl (C=O) groups excluding carboxylic acids is 1. The standard InChI is InChI=1S/C25H31N5O2S2/c1-29-10-12-30(13-11-29)14-19(17-6-3-2-4-7-17)26-22(31)16-33-15-21-27-24(32)23-18-8-5-9-20(18)34-25(23)28-21/h2-4,6-7,19H,5,8-16H2,1H3,(H,26,31)(H,27,28,32). The zero-order valence-electron chi connectivity index (χ0n) is 19.5. The summed E-state index contributed by atoms with van der Waals surface area (Å²) in [5.74, 6) is 1.49. The molecule has 5 rings (SSSR count). The Kier molecular flexibility index (Phi) is 7.34. The summed E-state index contributed by atoms with van der Waals surface area (Å²) in [5.41, 5.74) is 2.28. The third-order valence-electron chi connectivity index (χ3n) is 6.67. The van der Waals surface area contributed by atoms with E-state index in [1.165, 1.54) is 22.2 Å². The van der Waals surface area contributed by atoms with E-state index in [0.29, 0.717) is 17.3 Å². The molecule has 1 amide bonds.